The number of aromatic amines is 1. The van der Waals surface area contributed by atoms with E-state index in [1.165, 1.54) is 17.4 Å². The third kappa shape index (κ3) is 5.61. The van der Waals surface area contributed by atoms with E-state index in [0.29, 0.717) is 47.3 Å². The third-order valence-corrected chi connectivity index (χ3v) is 10.2. The van der Waals surface area contributed by atoms with Crippen LogP contribution in [0.1, 0.15) is 58.8 Å². The molecule has 0 aliphatic carbocycles. The zero-order chi connectivity index (χ0) is 28.9. The quantitative estimate of drug-likeness (QED) is 0.317. The molecule has 216 valence electrons. The van der Waals surface area contributed by atoms with Crippen LogP contribution in [-0.4, -0.2) is 73.5 Å². The summed E-state index contributed by atoms with van der Waals surface area (Å²) >= 11 is 1.25. The van der Waals surface area contributed by atoms with Crippen LogP contribution in [0.15, 0.2) is 47.5 Å². The van der Waals surface area contributed by atoms with Gasteiger partial charge in [-0.2, -0.15) is 0 Å². The molecule has 0 bridgehead atoms. The Bertz CT molecular complexity index is 1620. The fourth-order valence-electron chi connectivity index (χ4n) is 6.32. The Morgan fingerprint density at radius 1 is 1.07 bits per heavy atom. The Morgan fingerprint density at radius 3 is 2.63 bits per heavy atom. The van der Waals surface area contributed by atoms with Crippen molar-refractivity contribution in [3.63, 3.8) is 0 Å². The molecule has 3 aliphatic rings. The van der Waals surface area contributed by atoms with Crippen molar-refractivity contribution in [3.8, 4) is 0 Å². The van der Waals surface area contributed by atoms with Gasteiger partial charge in [-0.15, -0.1) is 11.3 Å². The Kier molecular flexibility index (Phi) is 7.35. The molecule has 3 fully saturated rings. The fraction of sp³-hybridized carbons (Fsp3) is 0.429. The van der Waals surface area contributed by atoms with E-state index >= 15 is 0 Å². The van der Waals surface area contributed by atoms with Crippen molar-refractivity contribution in [2.75, 3.05) is 13.1 Å². The lowest BCUT2D eigenvalue weighted by atomic mass is 9.91. The van der Waals surface area contributed by atoms with Crippen molar-refractivity contribution in [2.24, 2.45) is 0 Å². The highest BCUT2D eigenvalue weighted by Gasteiger charge is 2.47. The third-order valence-electron chi connectivity index (χ3n) is 8.36. The first-order valence-electron chi connectivity index (χ1n) is 13.7. The summed E-state index contributed by atoms with van der Waals surface area (Å²) in [4.78, 5) is 77.9. The molecule has 0 spiro atoms. The second kappa shape index (κ2) is 10.8. The summed E-state index contributed by atoms with van der Waals surface area (Å²) < 4.78 is 12.2. The number of carbonyl (C=O) groups excluding carboxylic acids is 3. The molecular weight excluding hydrogens is 567 g/mol. The molecule has 6 rings (SSSR count). The van der Waals surface area contributed by atoms with Crippen LogP contribution < -0.4 is 10.7 Å². The second-order valence-corrected chi connectivity index (χ2v) is 13.9. The van der Waals surface area contributed by atoms with Gasteiger partial charge >= 0.3 is 7.60 Å². The lowest BCUT2D eigenvalue weighted by Crippen LogP contribution is -2.59. The average Bonchev–Trinajstić information content (AvgIpc) is 3.47. The van der Waals surface area contributed by atoms with E-state index < -0.39 is 19.7 Å². The summed E-state index contributed by atoms with van der Waals surface area (Å²) in [5, 5.41) is 3.60. The highest BCUT2D eigenvalue weighted by Crippen LogP contribution is 2.40. The Morgan fingerprint density at radius 2 is 1.88 bits per heavy atom. The number of fused-ring (bicyclic) bond motifs is 2. The lowest BCUT2D eigenvalue weighted by molar-refractivity contribution is -0.148. The monoisotopic (exact) mass is 598 g/mol. The SMILES string of the molecule is O=C(N[C@H]1CCC[C@H]2CC[C@@H](C(=O)N3CC(c4c[nH]ccc4=O)C3)N2C1=O)c1cc2cc(CP(=O)(O)O)ccc2s1. The number of likely N-dealkylation sites (tertiary alicyclic amines) is 1. The van der Waals surface area contributed by atoms with Crippen LogP contribution in [0.25, 0.3) is 10.1 Å². The topological polar surface area (TPSA) is 160 Å². The molecule has 2 aromatic heterocycles. The van der Waals surface area contributed by atoms with Gasteiger partial charge in [0.1, 0.15) is 12.1 Å². The van der Waals surface area contributed by atoms with E-state index in [1.54, 1.807) is 46.5 Å². The number of H-pyrrole nitrogens is 1. The van der Waals surface area contributed by atoms with Crippen molar-refractivity contribution in [3.05, 3.63) is 69.0 Å². The van der Waals surface area contributed by atoms with Gasteiger partial charge in [-0.25, -0.2) is 0 Å². The molecule has 3 amide bonds. The number of nitrogens with zero attached hydrogens (tertiary/aromatic N) is 2. The molecule has 3 atom stereocenters. The van der Waals surface area contributed by atoms with Crippen LogP contribution >= 0.6 is 18.9 Å². The van der Waals surface area contributed by atoms with Gasteiger partial charge in [0.15, 0.2) is 5.43 Å². The smallest absolute Gasteiger partial charge is 0.329 e. The molecule has 41 heavy (non-hydrogen) atoms. The van der Waals surface area contributed by atoms with Gasteiger partial charge in [-0.05, 0) is 61.3 Å². The average molecular weight is 599 g/mol. The van der Waals surface area contributed by atoms with E-state index in [-0.39, 0.29) is 41.3 Å². The van der Waals surface area contributed by atoms with Crippen molar-refractivity contribution in [1.29, 1.82) is 0 Å². The maximum absolute atomic E-state index is 13.7. The number of thiophene rings is 1. The van der Waals surface area contributed by atoms with Gasteiger partial charge in [-0.3, -0.25) is 23.7 Å². The highest BCUT2D eigenvalue weighted by atomic mass is 32.1. The number of pyridine rings is 1. The summed E-state index contributed by atoms with van der Waals surface area (Å²) in [6, 6.07) is 6.83. The van der Waals surface area contributed by atoms with Gasteiger partial charge in [0.25, 0.3) is 5.91 Å². The molecule has 0 saturated carbocycles. The Labute approximate surface area is 239 Å². The summed E-state index contributed by atoms with van der Waals surface area (Å²) in [6.07, 6.45) is 6.22. The highest BCUT2D eigenvalue weighted by molar-refractivity contribution is 7.50. The summed E-state index contributed by atoms with van der Waals surface area (Å²) in [7, 11) is -4.22. The predicted octanol–water partition coefficient (Wildman–Crippen LogP) is 2.54. The molecule has 3 aromatic rings. The van der Waals surface area contributed by atoms with Gasteiger partial charge in [0.2, 0.25) is 11.8 Å². The summed E-state index contributed by atoms with van der Waals surface area (Å²) in [5.41, 5.74) is 1.09. The van der Waals surface area contributed by atoms with Gasteiger partial charge < -0.3 is 29.9 Å². The molecule has 11 nitrogen and oxygen atoms in total. The van der Waals surface area contributed by atoms with E-state index in [0.717, 1.165) is 24.0 Å². The molecule has 0 unspecified atom stereocenters. The number of amides is 3. The van der Waals surface area contributed by atoms with Crippen LogP contribution in [-0.2, 0) is 20.3 Å². The van der Waals surface area contributed by atoms with Crippen LogP contribution in [0.5, 0.6) is 0 Å². The van der Waals surface area contributed by atoms with Crippen LogP contribution in [0.2, 0.25) is 0 Å². The maximum Gasteiger partial charge on any atom is 0.329 e. The first-order valence-corrected chi connectivity index (χ1v) is 16.3. The molecule has 3 aliphatic heterocycles. The number of hydrogen-bond acceptors (Lipinski definition) is 6. The number of hydrogen-bond donors (Lipinski definition) is 4. The maximum atomic E-state index is 13.7. The van der Waals surface area contributed by atoms with Gasteiger partial charge in [0.05, 0.1) is 11.0 Å². The van der Waals surface area contributed by atoms with Crippen molar-refractivity contribution >= 4 is 46.7 Å². The van der Waals surface area contributed by atoms with Crippen LogP contribution in [0.3, 0.4) is 0 Å². The second-order valence-electron chi connectivity index (χ2n) is 11.2. The minimum atomic E-state index is -4.22. The summed E-state index contributed by atoms with van der Waals surface area (Å²) in [5.74, 6) is -0.757. The van der Waals surface area contributed by atoms with Crippen LogP contribution in [0.4, 0.5) is 0 Å². The molecule has 1 aromatic carbocycles. The Hall–Kier alpha value is -3.31. The standard InChI is InChI=1S/C28H31N4O7PS/c33-23-8-9-29-12-20(23)18-13-31(14-18)28(36)22-6-5-19-2-1-3-21(27(35)32(19)22)30-26(34)25-11-17-10-16(15-40(37,38)39)4-7-24(17)41-25/h4,7-12,18-19,21-22H,1-3,5-6,13-15H2,(H,29,33)(H,30,34)(H2,37,38,39)/t19-,21-,22-/m0/s1. The number of nitrogens with one attached hydrogen (secondary N) is 2. The largest absolute Gasteiger partial charge is 0.367 e. The van der Waals surface area contributed by atoms with Crippen LogP contribution in [0, 0.1) is 0 Å². The molecule has 4 N–H and O–H groups in total. The molecular formula is C28H31N4O7PS. The lowest BCUT2D eigenvalue weighted by Gasteiger charge is -2.42. The zero-order valence-corrected chi connectivity index (χ0v) is 23.9. The number of aromatic nitrogens is 1. The van der Waals surface area contributed by atoms with E-state index in [1.807, 2.05) is 0 Å². The first kappa shape index (κ1) is 27.8. The molecule has 5 heterocycles. The van der Waals surface area contributed by atoms with Crippen molar-refractivity contribution in [1.82, 2.24) is 20.1 Å². The number of benzene rings is 1. The van der Waals surface area contributed by atoms with E-state index in [4.69, 9.17) is 0 Å². The Balaban J connectivity index is 1.13. The van der Waals surface area contributed by atoms with E-state index in [2.05, 4.69) is 10.3 Å². The normalized spacial score (nSPS) is 23.3. The molecule has 3 saturated heterocycles. The predicted molar refractivity (Wildman–Crippen MR) is 153 cm³/mol. The fourth-order valence-corrected chi connectivity index (χ4v) is 7.94. The van der Waals surface area contributed by atoms with Crippen molar-refractivity contribution < 1.29 is 28.7 Å². The minimum absolute atomic E-state index is 0.0258. The minimum Gasteiger partial charge on any atom is -0.367 e. The van der Waals surface area contributed by atoms with Gasteiger partial charge in [0, 0.05) is 53.8 Å². The van der Waals surface area contributed by atoms with E-state index in [9.17, 15) is 33.5 Å². The molecule has 0 radical (unpaired) electrons. The zero-order valence-electron chi connectivity index (χ0n) is 22.2. The number of carbonyl (C=O) groups is 3. The number of rotatable bonds is 6. The first-order chi connectivity index (χ1) is 19.6. The summed E-state index contributed by atoms with van der Waals surface area (Å²) in [6.45, 7) is 0.883. The van der Waals surface area contributed by atoms with Crippen molar-refractivity contribution in [2.45, 2.75) is 62.3 Å². The van der Waals surface area contributed by atoms with Gasteiger partial charge in [-0.1, -0.05) is 6.07 Å². The molecule has 13 heteroatoms.